The van der Waals surface area contributed by atoms with Crippen LogP contribution in [0.4, 0.5) is 5.69 Å². The molecule has 2 aromatic heterocycles. The lowest BCUT2D eigenvalue weighted by molar-refractivity contribution is 0.0433. The molecule has 1 aliphatic carbocycles. The SMILES string of the molecule is N#Cc1c[nH]c2c(NS(=O)(=O)c3cnn([C@H]4C[C@H](O)C4)c3)ccc(Cl)c12. The molecule has 0 radical (unpaired) electrons. The first-order valence-electron chi connectivity index (χ1n) is 7.84. The molecule has 0 amide bonds. The van der Waals surface area contributed by atoms with E-state index >= 15 is 0 Å². The van der Waals surface area contributed by atoms with Crippen LogP contribution in [-0.4, -0.2) is 34.4 Å². The molecular weight excluding hydrogens is 378 g/mol. The number of aromatic amines is 1. The first-order valence-corrected chi connectivity index (χ1v) is 9.70. The molecule has 10 heteroatoms. The maximum absolute atomic E-state index is 12.7. The van der Waals surface area contributed by atoms with Crippen LogP contribution >= 0.6 is 11.6 Å². The number of nitriles is 1. The molecule has 3 N–H and O–H groups in total. The fourth-order valence-corrected chi connectivity index (χ4v) is 4.29. The van der Waals surface area contributed by atoms with E-state index in [-0.39, 0.29) is 22.7 Å². The van der Waals surface area contributed by atoms with Crippen LogP contribution in [-0.2, 0) is 10.0 Å². The van der Waals surface area contributed by atoms with E-state index < -0.39 is 10.0 Å². The van der Waals surface area contributed by atoms with Crippen LogP contribution in [0.2, 0.25) is 5.02 Å². The Bertz CT molecular complexity index is 1140. The van der Waals surface area contributed by atoms with Crippen LogP contribution in [0.1, 0.15) is 24.4 Å². The van der Waals surface area contributed by atoms with Crippen LogP contribution in [0.25, 0.3) is 10.9 Å². The van der Waals surface area contributed by atoms with Gasteiger partial charge in [0.05, 0.1) is 40.1 Å². The zero-order valence-electron chi connectivity index (χ0n) is 13.3. The molecule has 1 aromatic carbocycles. The Labute approximate surface area is 154 Å². The number of benzene rings is 1. The lowest BCUT2D eigenvalue weighted by Gasteiger charge is -2.31. The number of hydrogen-bond donors (Lipinski definition) is 3. The number of hydrogen-bond acceptors (Lipinski definition) is 5. The zero-order chi connectivity index (χ0) is 18.5. The van der Waals surface area contributed by atoms with E-state index in [0.717, 1.165) is 0 Å². The van der Waals surface area contributed by atoms with Gasteiger partial charge in [-0.1, -0.05) is 11.6 Å². The lowest BCUT2D eigenvalue weighted by Crippen LogP contribution is -2.31. The number of rotatable bonds is 4. The highest BCUT2D eigenvalue weighted by atomic mass is 35.5. The van der Waals surface area contributed by atoms with E-state index in [4.69, 9.17) is 16.9 Å². The molecule has 2 heterocycles. The molecule has 0 spiro atoms. The Hall–Kier alpha value is -2.54. The molecule has 0 bridgehead atoms. The van der Waals surface area contributed by atoms with Gasteiger partial charge in [0.25, 0.3) is 10.0 Å². The number of aromatic nitrogens is 3. The van der Waals surface area contributed by atoms with E-state index in [9.17, 15) is 13.5 Å². The number of H-pyrrole nitrogens is 1. The fourth-order valence-electron chi connectivity index (χ4n) is 3.02. The molecule has 1 aliphatic rings. The molecule has 26 heavy (non-hydrogen) atoms. The van der Waals surface area contributed by atoms with Gasteiger partial charge in [0.15, 0.2) is 0 Å². The quantitative estimate of drug-likeness (QED) is 0.629. The largest absolute Gasteiger partial charge is 0.393 e. The Morgan fingerprint density at radius 1 is 1.42 bits per heavy atom. The highest BCUT2D eigenvalue weighted by Gasteiger charge is 2.30. The zero-order valence-corrected chi connectivity index (χ0v) is 14.9. The number of nitrogens with zero attached hydrogens (tertiary/aromatic N) is 3. The van der Waals surface area contributed by atoms with Crippen LogP contribution in [0.5, 0.6) is 0 Å². The van der Waals surface area contributed by atoms with Crippen LogP contribution in [0, 0.1) is 11.3 Å². The van der Waals surface area contributed by atoms with Gasteiger partial charge in [-0.3, -0.25) is 9.40 Å². The monoisotopic (exact) mass is 391 g/mol. The highest BCUT2D eigenvalue weighted by Crippen LogP contribution is 2.34. The van der Waals surface area contributed by atoms with Crippen molar-refractivity contribution in [2.45, 2.75) is 29.9 Å². The summed E-state index contributed by atoms with van der Waals surface area (Å²) in [6.07, 6.45) is 4.97. The van der Waals surface area contributed by atoms with Crippen molar-refractivity contribution in [1.29, 1.82) is 5.26 Å². The molecule has 0 unspecified atom stereocenters. The number of aliphatic hydroxyl groups is 1. The molecule has 134 valence electrons. The van der Waals surface area contributed by atoms with E-state index in [1.54, 1.807) is 4.68 Å². The summed E-state index contributed by atoms with van der Waals surface area (Å²) in [6, 6.07) is 5.10. The third-order valence-electron chi connectivity index (χ3n) is 4.50. The summed E-state index contributed by atoms with van der Waals surface area (Å²) >= 11 is 6.13. The van der Waals surface area contributed by atoms with Crippen LogP contribution < -0.4 is 4.72 Å². The first-order chi connectivity index (χ1) is 12.4. The van der Waals surface area contributed by atoms with Gasteiger partial charge in [-0.2, -0.15) is 10.4 Å². The molecule has 8 nitrogen and oxygen atoms in total. The Kier molecular flexibility index (Phi) is 3.91. The molecular formula is C16H14ClN5O3S. The number of aliphatic hydroxyl groups excluding tert-OH is 1. The van der Waals surface area contributed by atoms with Crippen LogP contribution in [0.3, 0.4) is 0 Å². The molecule has 0 atom stereocenters. The Morgan fingerprint density at radius 3 is 2.88 bits per heavy atom. The summed E-state index contributed by atoms with van der Waals surface area (Å²) in [6.45, 7) is 0. The number of halogens is 1. The number of sulfonamides is 1. The minimum Gasteiger partial charge on any atom is -0.393 e. The Morgan fingerprint density at radius 2 is 2.19 bits per heavy atom. The smallest absolute Gasteiger partial charge is 0.265 e. The fraction of sp³-hybridized carbons (Fsp3) is 0.250. The van der Waals surface area contributed by atoms with E-state index in [1.807, 2.05) is 6.07 Å². The van der Waals surface area contributed by atoms with Gasteiger partial charge in [0.1, 0.15) is 11.0 Å². The minimum absolute atomic E-state index is 0.0118. The van der Waals surface area contributed by atoms with Crippen molar-refractivity contribution in [2.24, 2.45) is 0 Å². The average Bonchev–Trinajstić information content (AvgIpc) is 3.22. The molecule has 0 aliphatic heterocycles. The summed E-state index contributed by atoms with van der Waals surface area (Å²) in [7, 11) is -3.87. The number of nitrogens with one attached hydrogen (secondary N) is 2. The van der Waals surface area contributed by atoms with Gasteiger partial charge >= 0.3 is 0 Å². The van der Waals surface area contributed by atoms with Crippen molar-refractivity contribution >= 4 is 38.2 Å². The van der Waals surface area contributed by atoms with Crippen molar-refractivity contribution < 1.29 is 13.5 Å². The van der Waals surface area contributed by atoms with Crippen molar-refractivity contribution in [1.82, 2.24) is 14.8 Å². The Balaban J connectivity index is 1.67. The van der Waals surface area contributed by atoms with Gasteiger partial charge in [-0.25, -0.2) is 8.42 Å². The van der Waals surface area contributed by atoms with Gasteiger partial charge in [0.2, 0.25) is 0 Å². The van der Waals surface area contributed by atoms with E-state index in [2.05, 4.69) is 14.8 Å². The topological polar surface area (TPSA) is 124 Å². The van der Waals surface area contributed by atoms with Gasteiger partial charge in [-0.05, 0) is 25.0 Å². The molecule has 0 saturated heterocycles. The lowest BCUT2D eigenvalue weighted by atomic mass is 9.90. The van der Waals surface area contributed by atoms with Crippen molar-refractivity contribution in [3.05, 3.63) is 41.3 Å². The van der Waals surface area contributed by atoms with Crippen molar-refractivity contribution in [3.63, 3.8) is 0 Å². The van der Waals surface area contributed by atoms with Crippen molar-refractivity contribution in [2.75, 3.05) is 4.72 Å². The van der Waals surface area contributed by atoms with Gasteiger partial charge in [-0.15, -0.1) is 0 Å². The van der Waals surface area contributed by atoms with Crippen LogP contribution in [0.15, 0.2) is 35.6 Å². The summed E-state index contributed by atoms with van der Waals surface area (Å²) in [4.78, 5) is 2.91. The molecule has 1 fully saturated rings. The van der Waals surface area contributed by atoms with E-state index in [1.165, 1.54) is 30.7 Å². The summed E-state index contributed by atoms with van der Waals surface area (Å²) in [5.41, 5.74) is 1.06. The second kappa shape index (κ2) is 6.02. The summed E-state index contributed by atoms with van der Waals surface area (Å²) in [5, 5.41) is 23.4. The average molecular weight is 392 g/mol. The minimum atomic E-state index is -3.87. The summed E-state index contributed by atoms with van der Waals surface area (Å²) in [5.74, 6) is 0. The molecule has 3 aromatic rings. The maximum atomic E-state index is 12.7. The normalized spacial score (nSPS) is 19.9. The predicted octanol–water partition coefficient (Wildman–Crippen LogP) is 2.39. The van der Waals surface area contributed by atoms with Gasteiger partial charge < -0.3 is 10.1 Å². The first kappa shape index (κ1) is 16.9. The second-order valence-electron chi connectivity index (χ2n) is 6.20. The van der Waals surface area contributed by atoms with Crippen molar-refractivity contribution in [3.8, 4) is 6.07 Å². The third-order valence-corrected chi connectivity index (χ3v) is 6.14. The standard InChI is InChI=1S/C16H14ClN5O3S/c17-13-1-2-14(16-15(13)9(5-18)6-19-16)21-26(24,25)12-7-20-22(8-12)10-3-11(23)4-10/h1-2,6-8,10-11,19,21,23H,3-4H2/t10-,11-. The third kappa shape index (κ3) is 2.72. The van der Waals surface area contributed by atoms with E-state index in [0.29, 0.717) is 34.3 Å². The summed E-state index contributed by atoms with van der Waals surface area (Å²) < 4.78 is 29.4. The molecule has 4 rings (SSSR count). The predicted molar refractivity (Wildman–Crippen MR) is 95.3 cm³/mol. The second-order valence-corrected chi connectivity index (χ2v) is 8.29. The van der Waals surface area contributed by atoms with Gasteiger partial charge in [0, 0.05) is 17.8 Å². The maximum Gasteiger partial charge on any atom is 0.265 e. The number of fused-ring (bicyclic) bond motifs is 1. The highest BCUT2D eigenvalue weighted by molar-refractivity contribution is 7.92. The molecule has 1 saturated carbocycles. The number of anilines is 1.